The molecule has 0 spiro atoms. The van der Waals surface area contributed by atoms with Crippen LogP contribution in [0.4, 0.5) is 0 Å². The Kier molecular flexibility index (Phi) is 7.48. The van der Waals surface area contributed by atoms with Crippen LogP contribution in [0.15, 0.2) is 39.9 Å². The van der Waals surface area contributed by atoms with Crippen molar-refractivity contribution in [1.29, 1.82) is 0 Å². The Morgan fingerprint density at radius 1 is 1.22 bits per heavy atom. The van der Waals surface area contributed by atoms with Gasteiger partial charge in [0.15, 0.2) is 11.5 Å². The van der Waals surface area contributed by atoms with Crippen LogP contribution in [0, 0.1) is 0 Å². The number of nitrogens with zero attached hydrogens (tertiary/aromatic N) is 1. The molecular formula is C19H21BrN2O5. The van der Waals surface area contributed by atoms with Gasteiger partial charge in [-0.2, -0.15) is 5.10 Å². The molecule has 0 saturated carbocycles. The molecular weight excluding hydrogens is 416 g/mol. The molecule has 2 N–H and O–H groups in total. The fraction of sp³-hybridized carbons (Fsp3) is 0.263. The van der Waals surface area contributed by atoms with Gasteiger partial charge in [-0.25, -0.2) is 5.43 Å². The number of phenols is 1. The van der Waals surface area contributed by atoms with E-state index in [9.17, 15) is 9.90 Å². The van der Waals surface area contributed by atoms with Gasteiger partial charge in [0.05, 0.1) is 36.6 Å². The van der Waals surface area contributed by atoms with Crippen molar-refractivity contribution in [3.05, 3.63) is 45.9 Å². The van der Waals surface area contributed by atoms with E-state index in [1.165, 1.54) is 25.5 Å². The molecule has 0 aliphatic rings. The summed E-state index contributed by atoms with van der Waals surface area (Å²) in [5.41, 5.74) is 3.17. The second-order valence-corrected chi connectivity index (χ2v) is 6.13. The molecule has 1 amide bonds. The number of phenolic OH excluding ortho intramolecular Hbond substituents is 1. The van der Waals surface area contributed by atoms with Crippen molar-refractivity contribution in [3.63, 3.8) is 0 Å². The zero-order valence-electron chi connectivity index (χ0n) is 15.3. The zero-order valence-corrected chi connectivity index (χ0v) is 16.9. The third kappa shape index (κ3) is 5.37. The van der Waals surface area contributed by atoms with Gasteiger partial charge in [-0.15, -0.1) is 0 Å². The third-order valence-electron chi connectivity index (χ3n) is 3.45. The van der Waals surface area contributed by atoms with E-state index in [2.05, 4.69) is 26.5 Å². The van der Waals surface area contributed by atoms with Crippen molar-refractivity contribution >= 4 is 28.1 Å². The molecule has 0 aliphatic heterocycles. The Bertz CT molecular complexity index is 839. The molecule has 2 aromatic rings. The molecule has 0 unspecified atom stereocenters. The molecule has 0 fully saturated rings. The highest BCUT2D eigenvalue weighted by molar-refractivity contribution is 9.10. The molecule has 2 aromatic carbocycles. The van der Waals surface area contributed by atoms with Crippen LogP contribution in [0.5, 0.6) is 23.0 Å². The van der Waals surface area contributed by atoms with Crippen LogP contribution in [0.3, 0.4) is 0 Å². The van der Waals surface area contributed by atoms with Gasteiger partial charge in [-0.05, 0) is 59.6 Å². The minimum atomic E-state index is -0.540. The summed E-state index contributed by atoms with van der Waals surface area (Å²) < 4.78 is 16.9. The van der Waals surface area contributed by atoms with Crippen molar-refractivity contribution in [3.8, 4) is 23.0 Å². The maximum Gasteiger partial charge on any atom is 0.275 e. The average Bonchev–Trinajstić information content (AvgIpc) is 2.64. The van der Waals surface area contributed by atoms with E-state index in [4.69, 9.17) is 14.2 Å². The number of hydrazone groups is 1. The number of hydrogen-bond donors (Lipinski definition) is 2. The summed E-state index contributed by atoms with van der Waals surface area (Å²) in [6.07, 6.45) is 1.47. The monoisotopic (exact) mass is 436 g/mol. The van der Waals surface area contributed by atoms with E-state index < -0.39 is 5.91 Å². The fourth-order valence-corrected chi connectivity index (χ4v) is 2.84. The van der Waals surface area contributed by atoms with Crippen molar-refractivity contribution in [1.82, 2.24) is 5.43 Å². The summed E-state index contributed by atoms with van der Waals surface area (Å²) in [4.78, 5) is 12.2. The first-order valence-electron chi connectivity index (χ1n) is 8.29. The van der Waals surface area contributed by atoms with Crippen LogP contribution in [-0.2, 0) is 0 Å². The number of carbonyl (C=O) groups excluding carboxylic acids is 1. The SMILES string of the molecule is CCOc1cc(/C=N\NC(=O)c2ccc(OC)cc2O)cc(Br)c1OCC. The molecule has 0 saturated heterocycles. The van der Waals surface area contributed by atoms with E-state index in [0.717, 1.165) is 4.47 Å². The molecule has 0 heterocycles. The number of carbonyl (C=O) groups is 1. The molecule has 0 atom stereocenters. The van der Waals surface area contributed by atoms with E-state index >= 15 is 0 Å². The van der Waals surface area contributed by atoms with Gasteiger partial charge in [0.2, 0.25) is 0 Å². The van der Waals surface area contributed by atoms with E-state index in [0.29, 0.717) is 36.0 Å². The van der Waals surface area contributed by atoms with Crippen molar-refractivity contribution in [2.45, 2.75) is 13.8 Å². The standard InChI is InChI=1S/C19H21BrN2O5/c1-4-26-17-9-12(8-15(20)18(17)27-5-2)11-21-22-19(24)14-7-6-13(25-3)10-16(14)23/h6-11,23H,4-5H2,1-3H3,(H,22,24)/b21-11-. The van der Waals surface area contributed by atoms with E-state index in [-0.39, 0.29) is 11.3 Å². The van der Waals surface area contributed by atoms with E-state index in [1.54, 1.807) is 18.2 Å². The van der Waals surface area contributed by atoms with Gasteiger partial charge in [0.1, 0.15) is 11.5 Å². The predicted octanol–water partition coefficient (Wildman–Crippen LogP) is 3.72. The lowest BCUT2D eigenvalue weighted by Gasteiger charge is -2.13. The highest BCUT2D eigenvalue weighted by Gasteiger charge is 2.13. The van der Waals surface area contributed by atoms with Crippen LogP contribution in [-0.4, -0.2) is 37.6 Å². The Morgan fingerprint density at radius 2 is 1.96 bits per heavy atom. The number of methoxy groups -OCH3 is 1. The number of rotatable bonds is 8. The molecule has 0 bridgehead atoms. The quantitative estimate of drug-likeness (QED) is 0.486. The number of aromatic hydroxyl groups is 1. The number of benzene rings is 2. The number of nitrogens with one attached hydrogen (secondary N) is 1. The summed E-state index contributed by atoms with van der Waals surface area (Å²) in [6.45, 7) is 4.77. The third-order valence-corrected chi connectivity index (χ3v) is 4.04. The number of ether oxygens (including phenoxy) is 3. The molecule has 0 aliphatic carbocycles. The molecule has 0 radical (unpaired) electrons. The van der Waals surface area contributed by atoms with Gasteiger partial charge in [0.25, 0.3) is 5.91 Å². The largest absolute Gasteiger partial charge is 0.507 e. The molecule has 144 valence electrons. The normalized spacial score (nSPS) is 10.7. The highest BCUT2D eigenvalue weighted by atomic mass is 79.9. The average molecular weight is 437 g/mol. The topological polar surface area (TPSA) is 89.4 Å². The Hall–Kier alpha value is -2.74. The molecule has 8 heteroatoms. The van der Waals surface area contributed by atoms with Crippen molar-refractivity contribution < 1.29 is 24.1 Å². The summed E-state index contributed by atoms with van der Waals surface area (Å²) in [5.74, 6) is 0.916. The lowest BCUT2D eigenvalue weighted by atomic mass is 10.2. The van der Waals surface area contributed by atoms with Crippen LogP contribution in [0.1, 0.15) is 29.8 Å². The first kappa shape index (κ1) is 20.6. The van der Waals surface area contributed by atoms with Gasteiger partial charge in [-0.3, -0.25) is 4.79 Å². The van der Waals surface area contributed by atoms with E-state index in [1.807, 2.05) is 13.8 Å². The summed E-state index contributed by atoms with van der Waals surface area (Å²) in [7, 11) is 1.48. The summed E-state index contributed by atoms with van der Waals surface area (Å²) in [6, 6.07) is 7.96. The van der Waals surface area contributed by atoms with Crippen LogP contribution < -0.4 is 19.6 Å². The fourth-order valence-electron chi connectivity index (χ4n) is 2.27. The van der Waals surface area contributed by atoms with Crippen LogP contribution in [0.2, 0.25) is 0 Å². The zero-order chi connectivity index (χ0) is 19.8. The minimum absolute atomic E-state index is 0.0934. The molecule has 2 rings (SSSR count). The molecule has 0 aromatic heterocycles. The van der Waals surface area contributed by atoms with Crippen molar-refractivity contribution in [2.75, 3.05) is 20.3 Å². The smallest absolute Gasteiger partial charge is 0.275 e. The number of amides is 1. The van der Waals surface area contributed by atoms with Crippen LogP contribution >= 0.6 is 15.9 Å². The highest BCUT2D eigenvalue weighted by Crippen LogP contribution is 2.36. The number of halogens is 1. The Morgan fingerprint density at radius 3 is 2.59 bits per heavy atom. The lowest BCUT2D eigenvalue weighted by molar-refractivity contribution is 0.0952. The first-order valence-corrected chi connectivity index (χ1v) is 9.09. The second-order valence-electron chi connectivity index (χ2n) is 5.28. The van der Waals surface area contributed by atoms with Gasteiger partial charge >= 0.3 is 0 Å². The maximum absolute atomic E-state index is 12.2. The lowest BCUT2D eigenvalue weighted by Crippen LogP contribution is -2.17. The number of hydrogen-bond acceptors (Lipinski definition) is 6. The Balaban J connectivity index is 2.14. The minimum Gasteiger partial charge on any atom is -0.507 e. The summed E-state index contributed by atoms with van der Waals surface area (Å²) >= 11 is 3.45. The predicted molar refractivity (Wildman–Crippen MR) is 106 cm³/mol. The van der Waals surface area contributed by atoms with Crippen LogP contribution in [0.25, 0.3) is 0 Å². The Labute approximate surface area is 166 Å². The second kappa shape index (κ2) is 9.82. The first-order chi connectivity index (χ1) is 13.0. The summed E-state index contributed by atoms with van der Waals surface area (Å²) in [5, 5.41) is 13.8. The van der Waals surface area contributed by atoms with Gasteiger partial charge in [0, 0.05) is 6.07 Å². The van der Waals surface area contributed by atoms with Gasteiger partial charge < -0.3 is 19.3 Å². The molecule has 7 nitrogen and oxygen atoms in total. The van der Waals surface area contributed by atoms with Crippen molar-refractivity contribution in [2.24, 2.45) is 5.10 Å². The molecule has 27 heavy (non-hydrogen) atoms. The van der Waals surface area contributed by atoms with Gasteiger partial charge in [-0.1, -0.05) is 0 Å². The maximum atomic E-state index is 12.2.